The number of hydrogen-bond acceptors (Lipinski definition) is 4. The first-order valence-corrected chi connectivity index (χ1v) is 11.0. The number of para-hydroxylation sites is 1. The number of carbonyl (C=O) groups excluding carboxylic acids is 1. The fourth-order valence-corrected chi connectivity index (χ4v) is 4.69. The monoisotopic (exact) mass is 401 g/mol. The highest BCUT2D eigenvalue weighted by Crippen LogP contribution is 2.24. The Bertz CT molecular complexity index is 916. The molecular formula is C21H27N3O3S. The molecule has 7 heteroatoms. The number of piperidine rings is 1. The van der Waals surface area contributed by atoms with Gasteiger partial charge in [-0.25, -0.2) is 8.42 Å². The third kappa shape index (κ3) is 4.72. The molecule has 1 heterocycles. The molecule has 0 aliphatic carbocycles. The van der Waals surface area contributed by atoms with E-state index in [2.05, 4.69) is 17.1 Å². The minimum Gasteiger partial charge on any atom is -0.325 e. The van der Waals surface area contributed by atoms with Gasteiger partial charge < -0.3 is 5.32 Å². The summed E-state index contributed by atoms with van der Waals surface area (Å²) in [5.41, 5.74) is 1.06. The summed E-state index contributed by atoms with van der Waals surface area (Å²) in [5, 5.41) is 2.84. The molecule has 3 rings (SSSR count). The fourth-order valence-electron chi connectivity index (χ4n) is 3.45. The fraction of sp³-hybridized carbons (Fsp3) is 0.381. The highest BCUT2D eigenvalue weighted by molar-refractivity contribution is 7.92. The zero-order valence-electron chi connectivity index (χ0n) is 16.3. The predicted molar refractivity (Wildman–Crippen MR) is 112 cm³/mol. The average molecular weight is 402 g/mol. The molecule has 1 N–H and O–H groups in total. The highest BCUT2D eigenvalue weighted by Gasteiger charge is 2.23. The van der Waals surface area contributed by atoms with E-state index in [1.165, 1.54) is 29.9 Å². The molecule has 0 spiro atoms. The number of amides is 1. The Hall–Kier alpha value is -2.38. The van der Waals surface area contributed by atoms with E-state index in [4.69, 9.17) is 0 Å². The lowest BCUT2D eigenvalue weighted by Crippen LogP contribution is -2.42. The van der Waals surface area contributed by atoms with Gasteiger partial charge in [-0.3, -0.25) is 14.0 Å². The number of nitrogens with zero attached hydrogens (tertiary/aromatic N) is 2. The van der Waals surface area contributed by atoms with E-state index in [-0.39, 0.29) is 10.8 Å². The standard InChI is InChI=1S/C21H27N3O3S/c1-17-9-6-7-14-24(17)16-21(25)22-18-10-8-13-20(15-18)28(26,27)23(2)19-11-4-3-5-12-19/h3-5,8,10-13,15,17H,6-7,9,14,16H2,1-2H3,(H,22,25). The minimum atomic E-state index is -3.71. The molecule has 1 atom stereocenters. The van der Waals surface area contributed by atoms with Gasteiger partial charge in [0, 0.05) is 18.8 Å². The van der Waals surface area contributed by atoms with Gasteiger partial charge in [0.25, 0.3) is 10.0 Å². The Morgan fingerprint density at radius 1 is 1.14 bits per heavy atom. The summed E-state index contributed by atoms with van der Waals surface area (Å²) in [4.78, 5) is 14.7. The molecule has 28 heavy (non-hydrogen) atoms. The van der Waals surface area contributed by atoms with Crippen molar-refractivity contribution in [1.29, 1.82) is 0 Å². The number of carbonyl (C=O) groups is 1. The molecule has 6 nitrogen and oxygen atoms in total. The second-order valence-corrected chi connectivity index (χ2v) is 9.17. The van der Waals surface area contributed by atoms with Crippen molar-refractivity contribution in [1.82, 2.24) is 4.90 Å². The highest BCUT2D eigenvalue weighted by atomic mass is 32.2. The van der Waals surface area contributed by atoms with Crippen LogP contribution in [0.5, 0.6) is 0 Å². The number of hydrogen-bond donors (Lipinski definition) is 1. The lowest BCUT2D eigenvalue weighted by atomic mass is 10.0. The van der Waals surface area contributed by atoms with Crippen LogP contribution in [0.15, 0.2) is 59.5 Å². The van der Waals surface area contributed by atoms with Crippen molar-refractivity contribution in [2.45, 2.75) is 37.1 Å². The Morgan fingerprint density at radius 3 is 2.61 bits per heavy atom. The van der Waals surface area contributed by atoms with Crippen molar-refractivity contribution >= 4 is 27.3 Å². The van der Waals surface area contributed by atoms with Crippen molar-refractivity contribution in [2.24, 2.45) is 0 Å². The molecule has 2 aromatic carbocycles. The molecular weight excluding hydrogens is 374 g/mol. The zero-order valence-corrected chi connectivity index (χ0v) is 17.2. The molecule has 0 saturated carbocycles. The third-order valence-corrected chi connectivity index (χ3v) is 6.96. The van der Waals surface area contributed by atoms with E-state index in [0.29, 0.717) is 24.0 Å². The van der Waals surface area contributed by atoms with E-state index in [9.17, 15) is 13.2 Å². The van der Waals surface area contributed by atoms with Crippen LogP contribution < -0.4 is 9.62 Å². The average Bonchev–Trinajstić information content (AvgIpc) is 2.70. The molecule has 1 aliphatic heterocycles. The SMILES string of the molecule is CC1CCCCN1CC(=O)Nc1cccc(S(=O)(=O)N(C)c2ccccc2)c1. The number of rotatable bonds is 6. The first-order valence-electron chi connectivity index (χ1n) is 9.56. The predicted octanol–water partition coefficient (Wildman–Crippen LogP) is 3.32. The topological polar surface area (TPSA) is 69.7 Å². The van der Waals surface area contributed by atoms with Crippen LogP contribution in [-0.4, -0.2) is 45.4 Å². The molecule has 0 radical (unpaired) electrons. The lowest BCUT2D eigenvalue weighted by molar-refractivity contribution is -0.118. The van der Waals surface area contributed by atoms with Gasteiger partial charge in [-0.15, -0.1) is 0 Å². The van der Waals surface area contributed by atoms with E-state index in [1.54, 1.807) is 36.4 Å². The minimum absolute atomic E-state index is 0.125. The van der Waals surface area contributed by atoms with Gasteiger partial charge in [-0.05, 0) is 56.6 Å². The van der Waals surface area contributed by atoms with E-state index >= 15 is 0 Å². The van der Waals surface area contributed by atoms with Gasteiger partial charge in [0.1, 0.15) is 0 Å². The molecule has 150 valence electrons. The first-order chi connectivity index (χ1) is 13.4. The maximum Gasteiger partial charge on any atom is 0.264 e. The van der Waals surface area contributed by atoms with Crippen LogP contribution in [0.25, 0.3) is 0 Å². The summed E-state index contributed by atoms with van der Waals surface area (Å²) in [6, 6.07) is 15.7. The molecule has 1 saturated heterocycles. The molecule has 1 aliphatic rings. The molecule has 0 bridgehead atoms. The first kappa shape index (κ1) is 20.4. The van der Waals surface area contributed by atoms with Crippen LogP contribution in [0, 0.1) is 0 Å². The summed E-state index contributed by atoms with van der Waals surface area (Å²) in [6.07, 6.45) is 3.41. The summed E-state index contributed by atoms with van der Waals surface area (Å²) >= 11 is 0. The quantitative estimate of drug-likeness (QED) is 0.806. The molecule has 1 fully saturated rings. The number of anilines is 2. The van der Waals surface area contributed by atoms with Gasteiger partial charge in [-0.1, -0.05) is 30.7 Å². The molecule has 0 aromatic heterocycles. The smallest absolute Gasteiger partial charge is 0.264 e. The van der Waals surface area contributed by atoms with Gasteiger partial charge in [-0.2, -0.15) is 0 Å². The van der Waals surface area contributed by atoms with Crippen LogP contribution in [-0.2, 0) is 14.8 Å². The van der Waals surface area contributed by atoms with Crippen molar-refractivity contribution in [3.05, 3.63) is 54.6 Å². The van der Waals surface area contributed by atoms with Gasteiger partial charge in [0.2, 0.25) is 5.91 Å². The van der Waals surface area contributed by atoms with Crippen molar-refractivity contribution in [2.75, 3.05) is 29.8 Å². The maximum atomic E-state index is 12.9. The number of likely N-dealkylation sites (tertiary alicyclic amines) is 1. The van der Waals surface area contributed by atoms with E-state index in [0.717, 1.165) is 19.4 Å². The summed E-state index contributed by atoms with van der Waals surface area (Å²) in [6.45, 7) is 3.38. The van der Waals surface area contributed by atoms with E-state index in [1.807, 2.05) is 6.07 Å². The number of nitrogens with one attached hydrogen (secondary N) is 1. The largest absolute Gasteiger partial charge is 0.325 e. The van der Waals surface area contributed by atoms with Crippen LogP contribution in [0.4, 0.5) is 11.4 Å². The van der Waals surface area contributed by atoms with Gasteiger partial charge >= 0.3 is 0 Å². The van der Waals surface area contributed by atoms with Crippen molar-refractivity contribution < 1.29 is 13.2 Å². The van der Waals surface area contributed by atoms with Crippen LogP contribution in [0.1, 0.15) is 26.2 Å². The second kappa shape index (κ2) is 8.75. The van der Waals surface area contributed by atoms with Crippen molar-refractivity contribution in [3.63, 3.8) is 0 Å². The van der Waals surface area contributed by atoms with Crippen molar-refractivity contribution in [3.8, 4) is 0 Å². The van der Waals surface area contributed by atoms with Crippen LogP contribution in [0.2, 0.25) is 0 Å². The summed E-state index contributed by atoms with van der Waals surface area (Å²) in [5.74, 6) is -0.125. The second-order valence-electron chi connectivity index (χ2n) is 7.20. The van der Waals surface area contributed by atoms with Crippen LogP contribution >= 0.6 is 0 Å². The normalized spacial score (nSPS) is 17.9. The lowest BCUT2D eigenvalue weighted by Gasteiger charge is -2.32. The molecule has 1 amide bonds. The maximum absolute atomic E-state index is 12.9. The Morgan fingerprint density at radius 2 is 1.89 bits per heavy atom. The number of benzene rings is 2. The molecule has 2 aromatic rings. The van der Waals surface area contributed by atoms with E-state index < -0.39 is 10.0 Å². The summed E-state index contributed by atoms with van der Waals surface area (Å²) < 4.78 is 27.1. The summed E-state index contributed by atoms with van der Waals surface area (Å²) in [7, 11) is -2.19. The Labute approximate surface area is 167 Å². The molecule has 1 unspecified atom stereocenters. The Kier molecular flexibility index (Phi) is 6.36. The van der Waals surface area contributed by atoms with Gasteiger partial charge in [0.05, 0.1) is 17.1 Å². The Balaban J connectivity index is 1.72. The van der Waals surface area contributed by atoms with Crippen LogP contribution in [0.3, 0.4) is 0 Å². The van der Waals surface area contributed by atoms with Gasteiger partial charge in [0.15, 0.2) is 0 Å². The zero-order chi connectivity index (χ0) is 20.1. The third-order valence-electron chi connectivity index (χ3n) is 5.18. The number of sulfonamides is 1.